The normalized spacial score (nSPS) is 12.5. The number of nitrogens with two attached hydrogens (primary N) is 1. The first-order chi connectivity index (χ1) is 6.24. The minimum absolute atomic E-state index is 0.224. The molecule has 0 bridgehead atoms. The topological polar surface area (TPSA) is 78.1 Å². The third-order valence-corrected chi connectivity index (χ3v) is 2.17. The molecule has 0 fully saturated rings. The second-order valence-electron chi connectivity index (χ2n) is 2.55. The lowest BCUT2D eigenvalue weighted by Gasteiger charge is -2.05. The van der Waals surface area contributed by atoms with Crippen LogP contribution in [0.1, 0.15) is 24.6 Å². The predicted octanol–water partition coefficient (Wildman–Crippen LogP) is 0.491. The van der Waals surface area contributed by atoms with Gasteiger partial charge in [0.1, 0.15) is 0 Å². The first kappa shape index (κ1) is 10.1. The predicted molar refractivity (Wildman–Crippen MR) is 48.1 cm³/mol. The molecule has 0 saturated carbocycles. The maximum atomic E-state index is 10.8. The zero-order chi connectivity index (χ0) is 9.68. The fraction of sp³-hybridized carbons (Fsp3) is 0.571. The summed E-state index contributed by atoms with van der Waals surface area (Å²) in [5, 5.41) is 5.59. The molecule has 6 heteroatoms. The summed E-state index contributed by atoms with van der Waals surface area (Å²) < 4.78 is 8.18. The summed E-state index contributed by atoms with van der Waals surface area (Å²) >= 11 is 1.25. The maximum Gasteiger partial charge on any atom is 0.305 e. The Bertz CT molecular complexity index is 263. The largest absolute Gasteiger partial charge is 0.469 e. The van der Waals surface area contributed by atoms with Gasteiger partial charge in [0.2, 0.25) is 0 Å². The van der Waals surface area contributed by atoms with Crippen molar-refractivity contribution in [2.45, 2.75) is 18.9 Å². The molecule has 5 nitrogen and oxygen atoms in total. The number of hydrogen-bond acceptors (Lipinski definition) is 6. The van der Waals surface area contributed by atoms with Crippen LogP contribution in [0.2, 0.25) is 0 Å². The van der Waals surface area contributed by atoms with Crippen LogP contribution in [0.15, 0.2) is 5.38 Å². The van der Waals surface area contributed by atoms with E-state index in [1.807, 2.05) is 0 Å². The monoisotopic (exact) mass is 201 g/mol. The molecule has 72 valence electrons. The molecule has 0 aromatic carbocycles. The third-order valence-electron chi connectivity index (χ3n) is 1.64. The van der Waals surface area contributed by atoms with Crippen LogP contribution in [0.3, 0.4) is 0 Å². The van der Waals surface area contributed by atoms with Gasteiger partial charge in [0.15, 0.2) is 0 Å². The molecule has 1 atom stereocenters. The number of aromatic nitrogens is 2. The molecule has 0 aliphatic rings. The van der Waals surface area contributed by atoms with Gasteiger partial charge in [-0.05, 0) is 18.0 Å². The van der Waals surface area contributed by atoms with E-state index in [-0.39, 0.29) is 12.0 Å². The number of methoxy groups -OCH3 is 1. The van der Waals surface area contributed by atoms with Gasteiger partial charge in [-0.3, -0.25) is 4.79 Å². The highest BCUT2D eigenvalue weighted by atomic mass is 32.1. The Morgan fingerprint density at radius 2 is 2.62 bits per heavy atom. The summed E-state index contributed by atoms with van der Waals surface area (Å²) in [5.41, 5.74) is 6.47. The second kappa shape index (κ2) is 4.88. The maximum absolute atomic E-state index is 10.8. The molecule has 0 amide bonds. The average Bonchev–Trinajstić information content (AvgIpc) is 2.66. The van der Waals surface area contributed by atoms with Crippen molar-refractivity contribution in [1.29, 1.82) is 0 Å². The first-order valence-corrected chi connectivity index (χ1v) is 4.67. The minimum Gasteiger partial charge on any atom is -0.469 e. The molecule has 1 aromatic rings. The molecule has 0 aliphatic carbocycles. The van der Waals surface area contributed by atoms with E-state index in [1.54, 1.807) is 5.38 Å². The SMILES string of the molecule is COC(=O)CCC(N)c1csnn1. The molecular formula is C7H11N3O2S. The van der Waals surface area contributed by atoms with Crippen LogP contribution in [0.4, 0.5) is 0 Å². The molecule has 13 heavy (non-hydrogen) atoms. The molecule has 1 aromatic heterocycles. The third kappa shape index (κ3) is 3.08. The Kier molecular flexibility index (Phi) is 3.78. The van der Waals surface area contributed by atoms with Crippen molar-refractivity contribution in [3.05, 3.63) is 11.1 Å². The lowest BCUT2D eigenvalue weighted by molar-refractivity contribution is -0.140. The van der Waals surface area contributed by atoms with Crippen LogP contribution >= 0.6 is 11.5 Å². The molecule has 0 spiro atoms. The van der Waals surface area contributed by atoms with Crippen molar-refractivity contribution in [2.75, 3.05) is 7.11 Å². The fourth-order valence-corrected chi connectivity index (χ4v) is 1.38. The van der Waals surface area contributed by atoms with Crippen LogP contribution in [-0.2, 0) is 9.53 Å². The summed E-state index contributed by atoms with van der Waals surface area (Å²) in [6, 6.07) is -0.224. The Hall–Kier alpha value is -1.01. The first-order valence-electron chi connectivity index (χ1n) is 3.83. The van der Waals surface area contributed by atoms with Crippen molar-refractivity contribution in [2.24, 2.45) is 5.73 Å². The van der Waals surface area contributed by atoms with E-state index in [4.69, 9.17) is 5.73 Å². The second-order valence-corrected chi connectivity index (χ2v) is 3.16. The smallest absolute Gasteiger partial charge is 0.305 e. The molecule has 2 N–H and O–H groups in total. The molecular weight excluding hydrogens is 190 g/mol. The summed E-state index contributed by atoms with van der Waals surface area (Å²) in [6.45, 7) is 0. The van der Waals surface area contributed by atoms with E-state index in [1.165, 1.54) is 18.6 Å². The molecule has 1 rings (SSSR count). The fourth-order valence-electron chi connectivity index (χ4n) is 0.857. The number of esters is 1. The average molecular weight is 201 g/mol. The highest BCUT2D eigenvalue weighted by Crippen LogP contribution is 2.13. The van der Waals surface area contributed by atoms with Gasteiger partial charge in [-0.25, -0.2) is 0 Å². The molecule has 1 heterocycles. The van der Waals surface area contributed by atoms with Crippen LogP contribution < -0.4 is 5.73 Å². The van der Waals surface area contributed by atoms with Gasteiger partial charge in [-0.1, -0.05) is 4.49 Å². The number of carbonyl (C=O) groups is 1. The molecule has 1 unspecified atom stereocenters. The van der Waals surface area contributed by atoms with E-state index in [9.17, 15) is 4.79 Å². The summed E-state index contributed by atoms with van der Waals surface area (Å²) in [7, 11) is 1.36. The lowest BCUT2D eigenvalue weighted by Crippen LogP contribution is -2.13. The van der Waals surface area contributed by atoms with Gasteiger partial charge in [0.25, 0.3) is 0 Å². The van der Waals surface area contributed by atoms with Crippen molar-refractivity contribution in [3.63, 3.8) is 0 Å². The lowest BCUT2D eigenvalue weighted by atomic mass is 10.1. The quantitative estimate of drug-likeness (QED) is 0.717. The van der Waals surface area contributed by atoms with Crippen LogP contribution in [0.25, 0.3) is 0 Å². The van der Waals surface area contributed by atoms with E-state index in [0.717, 1.165) is 5.69 Å². The van der Waals surface area contributed by atoms with Gasteiger partial charge >= 0.3 is 5.97 Å². The molecule has 0 radical (unpaired) electrons. The van der Waals surface area contributed by atoms with Gasteiger partial charge in [0.05, 0.1) is 18.8 Å². The number of ether oxygens (including phenoxy) is 1. The van der Waals surface area contributed by atoms with Crippen molar-refractivity contribution >= 4 is 17.5 Å². The number of rotatable bonds is 4. The standard InChI is InChI=1S/C7H11N3O2S/c1-12-7(11)3-2-5(8)6-4-13-10-9-6/h4-5H,2-3,8H2,1H3. The van der Waals surface area contributed by atoms with E-state index in [2.05, 4.69) is 14.3 Å². The minimum atomic E-state index is -0.251. The van der Waals surface area contributed by atoms with Crippen molar-refractivity contribution in [3.8, 4) is 0 Å². The van der Waals surface area contributed by atoms with E-state index >= 15 is 0 Å². The zero-order valence-electron chi connectivity index (χ0n) is 7.27. The summed E-state index contributed by atoms with van der Waals surface area (Å²) in [5.74, 6) is -0.251. The Morgan fingerprint density at radius 3 is 3.15 bits per heavy atom. The van der Waals surface area contributed by atoms with Crippen LogP contribution in [-0.4, -0.2) is 22.7 Å². The van der Waals surface area contributed by atoms with Crippen LogP contribution in [0, 0.1) is 0 Å². The Morgan fingerprint density at radius 1 is 1.85 bits per heavy atom. The Labute approximate surface area is 80.1 Å². The number of carbonyl (C=O) groups excluding carboxylic acids is 1. The number of hydrogen-bond donors (Lipinski definition) is 1. The van der Waals surface area contributed by atoms with E-state index < -0.39 is 0 Å². The van der Waals surface area contributed by atoms with Crippen LogP contribution in [0.5, 0.6) is 0 Å². The van der Waals surface area contributed by atoms with Gasteiger partial charge < -0.3 is 10.5 Å². The summed E-state index contributed by atoms with van der Waals surface area (Å²) in [4.78, 5) is 10.8. The van der Waals surface area contributed by atoms with Gasteiger partial charge in [-0.15, -0.1) is 5.10 Å². The zero-order valence-corrected chi connectivity index (χ0v) is 8.08. The van der Waals surface area contributed by atoms with Crippen molar-refractivity contribution < 1.29 is 9.53 Å². The number of nitrogens with zero attached hydrogens (tertiary/aromatic N) is 2. The molecule has 0 saturated heterocycles. The summed E-state index contributed by atoms with van der Waals surface area (Å²) in [6.07, 6.45) is 0.854. The van der Waals surface area contributed by atoms with Gasteiger partial charge in [0, 0.05) is 11.8 Å². The van der Waals surface area contributed by atoms with Gasteiger partial charge in [-0.2, -0.15) is 0 Å². The molecule has 0 aliphatic heterocycles. The highest BCUT2D eigenvalue weighted by Gasteiger charge is 2.11. The van der Waals surface area contributed by atoms with E-state index in [0.29, 0.717) is 12.8 Å². The highest BCUT2D eigenvalue weighted by molar-refractivity contribution is 7.03. The van der Waals surface area contributed by atoms with Crippen molar-refractivity contribution in [1.82, 2.24) is 9.59 Å². The Balaban J connectivity index is 2.34.